The van der Waals surface area contributed by atoms with E-state index < -0.39 is 0 Å². The Labute approximate surface area is 149 Å². The lowest BCUT2D eigenvalue weighted by atomic mass is 10.1. The molecule has 0 aliphatic heterocycles. The summed E-state index contributed by atoms with van der Waals surface area (Å²) in [5, 5.41) is 10.9. The molecule has 0 saturated carbocycles. The number of hydrogen-bond acceptors (Lipinski definition) is 4. The van der Waals surface area contributed by atoms with Crippen LogP contribution >= 0.6 is 11.8 Å². The van der Waals surface area contributed by atoms with E-state index in [4.69, 9.17) is 0 Å². The molecule has 124 valence electrons. The monoisotopic (exact) mass is 350 g/mol. The number of nitrogens with zero attached hydrogens (tertiary/aromatic N) is 2. The predicted octanol–water partition coefficient (Wildman–Crippen LogP) is 4.84. The Hall–Kier alpha value is -2.71. The first kappa shape index (κ1) is 17.1. The van der Waals surface area contributed by atoms with Gasteiger partial charge in [-0.1, -0.05) is 17.8 Å². The van der Waals surface area contributed by atoms with Gasteiger partial charge < -0.3 is 0 Å². The maximum atomic E-state index is 13.0. The van der Waals surface area contributed by atoms with Crippen LogP contribution in [0.2, 0.25) is 0 Å². The van der Waals surface area contributed by atoms with Crippen LogP contribution in [-0.2, 0) is 0 Å². The highest BCUT2D eigenvalue weighted by Gasteiger charge is 2.13. The number of ketones is 1. The molecule has 0 fully saturated rings. The van der Waals surface area contributed by atoms with Crippen molar-refractivity contribution in [3.8, 4) is 6.07 Å². The normalized spacial score (nSPS) is 10.6. The molecule has 0 amide bonds. The molecule has 25 heavy (non-hydrogen) atoms. The van der Waals surface area contributed by atoms with E-state index in [1.54, 1.807) is 0 Å². The van der Waals surface area contributed by atoms with Crippen LogP contribution in [0.4, 0.5) is 4.39 Å². The minimum Gasteiger partial charge on any atom is -0.293 e. The number of halogens is 1. The number of nitriles is 1. The first-order chi connectivity index (χ1) is 12.0. The maximum absolute atomic E-state index is 13.0. The van der Waals surface area contributed by atoms with Crippen LogP contribution in [0.5, 0.6) is 0 Å². The number of Topliss-reactive ketones (excluding diaryl/α,β-unsaturated/α-hetero) is 1. The summed E-state index contributed by atoms with van der Waals surface area (Å²) < 4.78 is 13.0. The van der Waals surface area contributed by atoms with Gasteiger partial charge in [0.05, 0.1) is 16.8 Å². The largest absolute Gasteiger partial charge is 0.293 e. The highest BCUT2D eigenvalue weighted by Crippen LogP contribution is 2.27. The Bertz CT molecular complexity index is 1010. The Kier molecular flexibility index (Phi) is 4.82. The van der Waals surface area contributed by atoms with Gasteiger partial charge >= 0.3 is 0 Å². The number of carbonyl (C=O) groups excluding carboxylic acids is 1. The summed E-state index contributed by atoms with van der Waals surface area (Å²) in [5.74, 6) is -0.363. The number of benzene rings is 2. The number of aryl methyl sites for hydroxylation is 2. The average molecular weight is 350 g/mol. The van der Waals surface area contributed by atoms with Crippen LogP contribution in [0.15, 0.2) is 47.5 Å². The fourth-order valence-electron chi connectivity index (χ4n) is 2.66. The standard InChI is InChI=1S/C20H15FN2OS/c1-12-7-13(2)17-9-15(10-22)20(23-18(17)8-12)25-11-19(24)14-3-5-16(21)6-4-14/h3-9H,11H2,1-2H3. The molecule has 0 spiro atoms. The van der Waals surface area contributed by atoms with Crippen molar-refractivity contribution < 1.29 is 9.18 Å². The van der Waals surface area contributed by atoms with Crippen molar-refractivity contribution in [2.24, 2.45) is 0 Å². The summed E-state index contributed by atoms with van der Waals surface area (Å²) in [6.07, 6.45) is 0. The molecule has 3 rings (SSSR count). The Balaban J connectivity index is 1.89. The van der Waals surface area contributed by atoms with Crippen LogP contribution < -0.4 is 0 Å². The molecule has 1 heterocycles. The van der Waals surface area contributed by atoms with E-state index in [1.807, 2.05) is 26.0 Å². The van der Waals surface area contributed by atoms with Gasteiger partial charge in [0.1, 0.15) is 16.9 Å². The first-order valence-electron chi connectivity index (χ1n) is 7.71. The molecular formula is C20H15FN2OS. The average Bonchev–Trinajstić information content (AvgIpc) is 2.59. The predicted molar refractivity (Wildman–Crippen MR) is 97.4 cm³/mol. The third kappa shape index (κ3) is 3.70. The molecule has 0 bridgehead atoms. The second kappa shape index (κ2) is 7.04. The zero-order valence-electron chi connectivity index (χ0n) is 13.8. The van der Waals surface area contributed by atoms with Crippen LogP contribution in [0.1, 0.15) is 27.0 Å². The van der Waals surface area contributed by atoms with Gasteiger partial charge in [0.2, 0.25) is 0 Å². The third-order valence-corrected chi connectivity index (χ3v) is 4.87. The zero-order chi connectivity index (χ0) is 18.0. The molecular weight excluding hydrogens is 335 g/mol. The van der Waals surface area contributed by atoms with Gasteiger partial charge in [-0.3, -0.25) is 4.79 Å². The van der Waals surface area contributed by atoms with Gasteiger partial charge in [0.25, 0.3) is 0 Å². The van der Waals surface area contributed by atoms with Crippen molar-refractivity contribution in [3.05, 3.63) is 70.5 Å². The molecule has 3 nitrogen and oxygen atoms in total. The summed E-state index contributed by atoms with van der Waals surface area (Å²) in [6, 6.07) is 13.4. The number of pyridine rings is 1. The maximum Gasteiger partial charge on any atom is 0.173 e. The van der Waals surface area contributed by atoms with Crippen LogP contribution in [0.25, 0.3) is 10.9 Å². The van der Waals surface area contributed by atoms with Gasteiger partial charge in [-0.15, -0.1) is 0 Å². The van der Waals surface area contributed by atoms with Gasteiger partial charge in [-0.25, -0.2) is 9.37 Å². The summed E-state index contributed by atoms with van der Waals surface area (Å²) in [4.78, 5) is 16.8. The van der Waals surface area contributed by atoms with Crippen LogP contribution in [0.3, 0.4) is 0 Å². The lowest BCUT2D eigenvalue weighted by molar-refractivity contribution is 0.102. The molecule has 0 atom stereocenters. The SMILES string of the molecule is Cc1cc(C)c2cc(C#N)c(SCC(=O)c3ccc(F)cc3)nc2c1. The number of thioether (sulfide) groups is 1. The molecule has 0 aliphatic rings. The number of rotatable bonds is 4. The van der Waals surface area contributed by atoms with E-state index in [2.05, 4.69) is 17.1 Å². The smallest absolute Gasteiger partial charge is 0.173 e. The minimum atomic E-state index is -0.377. The van der Waals surface area contributed by atoms with Crippen LogP contribution in [-0.4, -0.2) is 16.5 Å². The molecule has 0 saturated heterocycles. The molecule has 0 unspecified atom stereocenters. The van der Waals surface area contributed by atoms with Crippen molar-refractivity contribution in [2.45, 2.75) is 18.9 Å². The fraction of sp³-hybridized carbons (Fsp3) is 0.150. The number of aromatic nitrogens is 1. The Morgan fingerprint density at radius 2 is 1.92 bits per heavy atom. The Morgan fingerprint density at radius 1 is 1.20 bits per heavy atom. The molecule has 5 heteroatoms. The van der Waals surface area contributed by atoms with Crippen molar-refractivity contribution in [2.75, 3.05) is 5.75 Å². The highest BCUT2D eigenvalue weighted by atomic mass is 32.2. The quantitative estimate of drug-likeness (QED) is 0.499. The van der Waals surface area contributed by atoms with E-state index in [0.717, 1.165) is 22.0 Å². The van der Waals surface area contributed by atoms with Crippen molar-refractivity contribution in [1.82, 2.24) is 4.98 Å². The molecule has 1 aromatic heterocycles. The first-order valence-corrected chi connectivity index (χ1v) is 8.70. The topological polar surface area (TPSA) is 53.8 Å². The van der Waals surface area contributed by atoms with E-state index in [-0.39, 0.29) is 17.4 Å². The van der Waals surface area contributed by atoms with Crippen molar-refractivity contribution in [3.63, 3.8) is 0 Å². The lowest BCUT2D eigenvalue weighted by Gasteiger charge is -2.08. The van der Waals surface area contributed by atoms with Gasteiger partial charge in [-0.05, 0) is 61.4 Å². The van der Waals surface area contributed by atoms with E-state index in [9.17, 15) is 14.4 Å². The van der Waals surface area contributed by atoms with E-state index in [0.29, 0.717) is 16.2 Å². The van der Waals surface area contributed by atoms with E-state index >= 15 is 0 Å². The summed E-state index contributed by atoms with van der Waals surface area (Å²) in [7, 11) is 0. The second-order valence-electron chi connectivity index (χ2n) is 5.82. The zero-order valence-corrected chi connectivity index (χ0v) is 14.7. The minimum absolute atomic E-state index is 0.129. The molecule has 0 aliphatic carbocycles. The molecule has 0 N–H and O–H groups in total. The molecule has 0 radical (unpaired) electrons. The molecule has 2 aromatic carbocycles. The number of hydrogen-bond donors (Lipinski definition) is 0. The lowest BCUT2D eigenvalue weighted by Crippen LogP contribution is -2.03. The number of fused-ring (bicyclic) bond motifs is 1. The summed E-state index contributed by atoms with van der Waals surface area (Å²) >= 11 is 1.23. The fourth-order valence-corrected chi connectivity index (χ4v) is 3.51. The summed E-state index contributed by atoms with van der Waals surface area (Å²) in [6.45, 7) is 3.99. The Morgan fingerprint density at radius 3 is 2.60 bits per heavy atom. The number of carbonyl (C=O) groups is 1. The summed E-state index contributed by atoms with van der Waals surface area (Å²) in [5.41, 5.74) is 3.88. The van der Waals surface area contributed by atoms with Crippen molar-refractivity contribution in [1.29, 1.82) is 5.26 Å². The second-order valence-corrected chi connectivity index (χ2v) is 6.78. The van der Waals surface area contributed by atoms with Crippen molar-refractivity contribution >= 4 is 28.4 Å². The molecule has 3 aromatic rings. The van der Waals surface area contributed by atoms with Crippen LogP contribution in [0, 0.1) is 31.0 Å². The van der Waals surface area contributed by atoms with E-state index in [1.165, 1.54) is 36.0 Å². The van der Waals surface area contributed by atoms with Gasteiger partial charge in [0, 0.05) is 10.9 Å². The van der Waals surface area contributed by atoms with Gasteiger partial charge in [0.15, 0.2) is 5.78 Å². The third-order valence-electron chi connectivity index (χ3n) is 3.88. The van der Waals surface area contributed by atoms with Gasteiger partial charge in [-0.2, -0.15) is 5.26 Å². The highest BCUT2D eigenvalue weighted by molar-refractivity contribution is 8.00.